The maximum Gasteiger partial charge on any atom is 0.573 e. The molecular formula is C19H16F4N6O5. The molecule has 1 fully saturated rings. The minimum atomic E-state index is -5.09. The smallest absolute Gasteiger partial charge is 0.465 e. The second-order valence-electron chi connectivity index (χ2n) is 7.34. The topological polar surface area (TPSA) is 136 Å². The van der Waals surface area contributed by atoms with E-state index in [1.54, 1.807) is 6.20 Å². The maximum atomic E-state index is 13.6. The van der Waals surface area contributed by atoms with Crippen LogP contribution in [0.4, 0.5) is 22.4 Å². The summed E-state index contributed by atoms with van der Waals surface area (Å²) in [5, 5.41) is 19.6. The van der Waals surface area contributed by atoms with E-state index in [4.69, 9.17) is 4.42 Å². The van der Waals surface area contributed by atoms with Crippen molar-refractivity contribution < 1.29 is 41.4 Å². The van der Waals surface area contributed by atoms with Crippen molar-refractivity contribution in [1.82, 2.24) is 30.2 Å². The molecule has 11 nitrogen and oxygen atoms in total. The molecule has 1 saturated heterocycles. The molecule has 0 bridgehead atoms. The zero-order valence-electron chi connectivity index (χ0n) is 17.1. The number of carbonyl (C=O) groups excluding carboxylic acids is 1. The van der Waals surface area contributed by atoms with Crippen LogP contribution in [0.25, 0.3) is 11.3 Å². The molecule has 0 radical (unpaired) electrons. The first-order valence-corrected chi connectivity index (χ1v) is 9.75. The van der Waals surface area contributed by atoms with Crippen molar-refractivity contribution in [2.24, 2.45) is 0 Å². The molecule has 2 atom stereocenters. The van der Waals surface area contributed by atoms with Gasteiger partial charge in [0.1, 0.15) is 0 Å². The number of carbonyl (C=O) groups is 2. The number of aromatic nitrogens is 4. The number of nitrogens with zero attached hydrogens (tertiary/aromatic N) is 5. The fourth-order valence-corrected chi connectivity index (χ4v) is 3.59. The minimum absolute atomic E-state index is 0.00184. The Hall–Kier alpha value is -4.17. The number of alkyl halides is 3. The fraction of sp³-hybridized carbons (Fsp3) is 0.316. The van der Waals surface area contributed by atoms with Gasteiger partial charge in [-0.15, -0.1) is 18.3 Å². The lowest BCUT2D eigenvalue weighted by molar-refractivity contribution is -0.275. The molecule has 180 valence electrons. The van der Waals surface area contributed by atoms with Gasteiger partial charge in [-0.1, -0.05) is 5.21 Å². The van der Waals surface area contributed by atoms with Gasteiger partial charge in [-0.25, -0.2) is 14.2 Å². The molecular weight excluding hydrogens is 468 g/mol. The zero-order valence-corrected chi connectivity index (χ0v) is 17.1. The number of oxazole rings is 1. The molecule has 2 aromatic heterocycles. The number of halogens is 4. The average molecular weight is 484 g/mol. The highest BCUT2D eigenvalue weighted by molar-refractivity contribution is 5.90. The Labute approximate surface area is 187 Å². The molecule has 2 amide bonds. The van der Waals surface area contributed by atoms with E-state index in [1.807, 2.05) is 0 Å². The van der Waals surface area contributed by atoms with Crippen LogP contribution in [0.5, 0.6) is 5.75 Å². The lowest BCUT2D eigenvalue weighted by Gasteiger charge is -2.20. The van der Waals surface area contributed by atoms with Gasteiger partial charge < -0.3 is 24.5 Å². The molecule has 3 aromatic rings. The number of hydrogen-bond acceptors (Lipinski definition) is 7. The van der Waals surface area contributed by atoms with Crippen LogP contribution in [0.1, 0.15) is 17.1 Å². The predicted molar refractivity (Wildman–Crippen MR) is 103 cm³/mol. The summed E-state index contributed by atoms with van der Waals surface area (Å²) in [6.45, 7) is 0.263. The molecule has 15 heteroatoms. The van der Waals surface area contributed by atoms with Crippen molar-refractivity contribution in [2.45, 2.75) is 31.4 Å². The molecule has 2 N–H and O–H groups in total. The van der Waals surface area contributed by atoms with E-state index in [9.17, 15) is 32.3 Å². The molecule has 0 unspecified atom stereocenters. The van der Waals surface area contributed by atoms with Crippen molar-refractivity contribution in [2.75, 3.05) is 6.54 Å². The summed E-state index contributed by atoms with van der Waals surface area (Å²) in [5.41, 5.74) is -0.00184. The second-order valence-corrected chi connectivity index (χ2v) is 7.34. The molecule has 0 saturated carbocycles. The Bertz CT molecular complexity index is 1180. The number of hydrogen-bond donors (Lipinski definition) is 2. The molecule has 1 aliphatic heterocycles. The largest absolute Gasteiger partial charge is 0.573 e. The summed E-state index contributed by atoms with van der Waals surface area (Å²) in [6, 6.07) is 1.65. The highest BCUT2D eigenvalue weighted by Gasteiger charge is 2.37. The monoisotopic (exact) mass is 484 g/mol. The molecule has 4 rings (SSSR count). The minimum Gasteiger partial charge on any atom is -0.465 e. The maximum absolute atomic E-state index is 13.6. The number of carboxylic acid groups (broad SMARTS) is 1. The third-order valence-electron chi connectivity index (χ3n) is 5.01. The number of benzene rings is 1. The van der Waals surface area contributed by atoms with Crippen molar-refractivity contribution in [3.63, 3.8) is 0 Å². The first kappa shape index (κ1) is 23.0. The molecule has 0 spiro atoms. The van der Waals surface area contributed by atoms with E-state index in [0.717, 1.165) is 24.4 Å². The molecule has 1 aromatic carbocycles. The molecule has 3 heterocycles. The van der Waals surface area contributed by atoms with Gasteiger partial charge in [0, 0.05) is 24.3 Å². The SMILES string of the molecule is O=C(N[C@@H]1C[C@@H](Cn2ccnn2)N(C(=O)O)C1)c1ncc(-c2ccc(F)c(OC(F)(F)F)c2)o1. The van der Waals surface area contributed by atoms with Crippen LogP contribution in [0, 0.1) is 5.82 Å². The summed E-state index contributed by atoms with van der Waals surface area (Å²) in [6.07, 6.45) is -1.83. The lowest BCUT2D eigenvalue weighted by Crippen LogP contribution is -2.39. The average Bonchev–Trinajstić information content (AvgIpc) is 3.50. The van der Waals surface area contributed by atoms with Crippen molar-refractivity contribution in [3.05, 3.63) is 48.5 Å². The number of ether oxygens (including phenoxy) is 1. The van der Waals surface area contributed by atoms with Crippen LogP contribution < -0.4 is 10.1 Å². The van der Waals surface area contributed by atoms with Crippen LogP contribution >= 0.6 is 0 Å². The summed E-state index contributed by atoms with van der Waals surface area (Å²) < 4.78 is 61.4. The van der Waals surface area contributed by atoms with Gasteiger partial charge in [0.2, 0.25) is 0 Å². The van der Waals surface area contributed by atoms with Gasteiger partial charge in [0.25, 0.3) is 5.89 Å². The van der Waals surface area contributed by atoms with Crippen molar-refractivity contribution in [3.8, 4) is 17.1 Å². The summed E-state index contributed by atoms with van der Waals surface area (Å²) in [5.74, 6) is -3.55. The van der Waals surface area contributed by atoms with Gasteiger partial charge >= 0.3 is 18.4 Å². The van der Waals surface area contributed by atoms with E-state index >= 15 is 0 Å². The highest BCUT2D eigenvalue weighted by atomic mass is 19.4. The Kier molecular flexibility index (Phi) is 6.08. The van der Waals surface area contributed by atoms with Gasteiger partial charge in [-0.05, 0) is 24.6 Å². The summed E-state index contributed by atoms with van der Waals surface area (Å²) in [4.78, 5) is 29.1. The summed E-state index contributed by atoms with van der Waals surface area (Å²) >= 11 is 0. The van der Waals surface area contributed by atoms with E-state index in [-0.39, 0.29) is 24.4 Å². The third-order valence-corrected chi connectivity index (χ3v) is 5.01. The van der Waals surface area contributed by atoms with E-state index in [2.05, 4.69) is 25.3 Å². The van der Waals surface area contributed by atoms with E-state index in [0.29, 0.717) is 6.42 Å². The predicted octanol–water partition coefficient (Wildman–Crippen LogP) is 2.52. The third kappa shape index (κ3) is 5.24. The van der Waals surface area contributed by atoms with Crippen LogP contribution in [-0.4, -0.2) is 67.0 Å². The standard InChI is InChI=1S/C19H16F4N6O5/c20-13-2-1-10(5-14(13)34-19(21,22)23)15-7-24-17(33-15)16(30)26-11-6-12(29(8-11)18(31)32)9-28-4-3-25-27-28/h1-5,7,11-12H,6,8-9H2,(H,26,30)(H,31,32)/t11-,12+/m1/s1. The van der Waals surface area contributed by atoms with Crippen LogP contribution in [0.15, 0.2) is 41.2 Å². The Balaban J connectivity index is 1.44. The quantitative estimate of drug-likeness (QED) is 0.510. The van der Waals surface area contributed by atoms with E-state index < -0.39 is 47.9 Å². The normalized spacial score (nSPS) is 18.2. The fourth-order valence-electron chi connectivity index (χ4n) is 3.59. The van der Waals surface area contributed by atoms with E-state index in [1.165, 1.54) is 15.8 Å². The Morgan fingerprint density at radius 1 is 1.32 bits per heavy atom. The first-order chi connectivity index (χ1) is 16.1. The van der Waals surface area contributed by atoms with Crippen LogP contribution in [0.3, 0.4) is 0 Å². The molecule has 0 aliphatic carbocycles. The zero-order chi connectivity index (χ0) is 24.5. The Morgan fingerprint density at radius 3 is 2.79 bits per heavy atom. The van der Waals surface area contributed by atoms with Gasteiger partial charge in [0.15, 0.2) is 17.3 Å². The van der Waals surface area contributed by atoms with Crippen molar-refractivity contribution in [1.29, 1.82) is 0 Å². The molecule has 1 aliphatic rings. The first-order valence-electron chi connectivity index (χ1n) is 9.75. The lowest BCUT2D eigenvalue weighted by atomic mass is 10.1. The van der Waals surface area contributed by atoms with Gasteiger partial charge in [-0.3, -0.25) is 9.48 Å². The highest BCUT2D eigenvalue weighted by Crippen LogP contribution is 2.31. The molecule has 34 heavy (non-hydrogen) atoms. The number of nitrogens with one attached hydrogen (secondary N) is 1. The number of rotatable bonds is 6. The van der Waals surface area contributed by atoms with Crippen LogP contribution in [-0.2, 0) is 6.54 Å². The van der Waals surface area contributed by atoms with Crippen LogP contribution in [0.2, 0.25) is 0 Å². The van der Waals surface area contributed by atoms with Gasteiger partial charge in [-0.2, -0.15) is 0 Å². The summed E-state index contributed by atoms with van der Waals surface area (Å²) in [7, 11) is 0. The van der Waals surface area contributed by atoms with Gasteiger partial charge in [0.05, 0.1) is 25.0 Å². The second kappa shape index (κ2) is 8.99. The van der Waals surface area contributed by atoms with Crippen molar-refractivity contribution >= 4 is 12.0 Å². The number of likely N-dealkylation sites (tertiary alicyclic amines) is 1. The Morgan fingerprint density at radius 2 is 2.12 bits per heavy atom. The number of amides is 2.